The van der Waals surface area contributed by atoms with Gasteiger partial charge in [0.25, 0.3) is 5.91 Å². The maximum Gasteiger partial charge on any atom is 0.326 e. The number of rotatable bonds is 8. The van der Waals surface area contributed by atoms with Crippen molar-refractivity contribution in [2.75, 3.05) is 0 Å². The van der Waals surface area contributed by atoms with Gasteiger partial charge in [-0.3, -0.25) is 4.79 Å². The highest BCUT2D eigenvalue weighted by molar-refractivity contribution is 5.93. The molecule has 2 rings (SSSR count). The Morgan fingerprint density at radius 2 is 2.04 bits per heavy atom. The van der Waals surface area contributed by atoms with Crippen molar-refractivity contribution >= 4 is 11.9 Å². The van der Waals surface area contributed by atoms with Gasteiger partial charge in [-0.25, -0.2) is 18.9 Å². The number of aryl methyl sites for hydroxylation is 1. The first-order valence-corrected chi connectivity index (χ1v) is 8.22. The average molecular weight is 348 g/mol. The van der Waals surface area contributed by atoms with Gasteiger partial charge in [0, 0.05) is 6.42 Å². The number of benzene rings is 1. The molecule has 25 heavy (non-hydrogen) atoms. The first kappa shape index (κ1) is 18.6. The Morgan fingerprint density at radius 1 is 1.32 bits per heavy atom. The number of hydrogen-bond donors (Lipinski definition) is 2. The number of unbranched alkanes of at least 4 members (excludes halogenated alkanes) is 1. The summed E-state index contributed by atoms with van der Waals surface area (Å²) in [5.74, 6) is -2.04. The van der Waals surface area contributed by atoms with Crippen LogP contribution in [-0.2, 0) is 11.2 Å². The monoisotopic (exact) mass is 348 g/mol. The number of carbonyl (C=O) groups excluding carboxylic acids is 1. The summed E-state index contributed by atoms with van der Waals surface area (Å²) in [5.41, 5.74) is 0.187. The summed E-state index contributed by atoms with van der Waals surface area (Å²) in [6.07, 6.45) is 2.26. The van der Waals surface area contributed by atoms with Gasteiger partial charge >= 0.3 is 5.97 Å². The van der Waals surface area contributed by atoms with E-state index in [2.05, 4.69) is 15.4 Å². The molecule has 0 spiro atoms. The van der Waals surface area contributed by atoms with E-state index in [1.165, 1.54) is 16.8 Å². The van der Waals surface area contributed by atoms with Gasteiger partial charge in [-0.2, -0.15) is 0 Å². The highest BCUT2D eigenvalue weighted by atomic mass is 19.1. The third-order valence-corrected chi connectivity index (χ3v) is 3.72. The van der Waals surface area contributed by atoms with Crippen molar-refractivity contribution in [3.8, 4) is 5.69 Å². The molecule has 1 amide bonds. The Hall–Kier alpha value is -2.77. The van der Waals surface area contributed by atoms with Crippen molar-refractivity contribution in [3.05, 3.63) is 41.7 Å². The van der Waals surface area contributed by atoms with Crippen LogP contribution in [0.1, 0.15) is 49.6 Å². The fraction of sp³-hybridized carbons (Fsp3) is 0.412. The zero-order chi connectivity index (χ0) is 18.4. The van der Waals surface area contributed by atoms with Crippen molar-refractivity contribution in [1.82, 2.24) is 20.1 Å². The Labute approximate surface area is 144 Å². The Balaban J connectivity index is 2.26. The molecule has 7 nitrogen and oxygen atoms in total. The fourth-order valence-electron chi connectivity index (χ4n) is 2.37. The lowest BCUT2D eigenvalue weighted by atomic mass is 10.1. The smallest absolute Gasteiger partial charge is 0.326 e. The number of halogens is 1. The van der Waals surface area contributed by atoms with E-state index in [4.69, 9.17) is 0 Å². The number of nitrogens with zero attached hydrogens (tertiary/aromatic N) is 3. The summed E-state index contributed by atoms with van der Waals surface area (Å²) in [7, 11) is 0. The number of carboxylic acid groups (broad SMARTS) is 1. The van der Waals surface area contributed by atoms with Gasteiger partial charge in [0.2, 0.25) is 5.82 Å². The minimum Gasteiger partial charge on any atom is -0.480 e. The van der Waals surface area contributed by atoms with E-state index < -0.39 is 23.7 Å². The lowest BCUT2D eigenvalue weighted by molar-refractivity contribution is -0.139. The van der Waals surface area contributed by atoms with Gasteiger partial charge < -0.3 is 10.4 Å². The fourth-order valence-corrected chi connectivity index (χ4v) is 2.37. The molecule has 1 aromatic carbocycles. The molecule has 8 heteroatoms. The summed E-state index contributed by atoms with van der Waals surface area (Å²) >= 11 is 0. The van der Waals surface area contributed by atoms with Crippen LogP contribution >= 0.6 is 0 Å². The molecule has 134 valence electrons. The Morgan fingerprint density at radius 3 is 2.64 bits per heavy atom. The van der Waals surface area contributed by atoms with Crippen LogP contribution in [0.3, 0.4) is 0 Å². The molecule has 0 bridgehead atoms. The standard InChI is InChI=1S/C17H21FN4O3/c1-3-5-9-12(17(24)25)19-16(23)15-20-14(4-2)22(21-15)13-10-7-6-8-11(13)18/h6-8,10,12H,3-5,9H2,1-2H3,(H,19,23)(H,24,25). The number of carbonyl (C=O) groups is 2. The summed E-state index contributed by atoms with van der Waals surface area (Å²) in [5, 5.41) is 15.7. The predicted molar refractivity (Wildman–Crippen MR) is 89.1 cm³/mol. The van der Waals surface area contributed by atoms with Crippen LogP contribution in [0.15, 0.2) is 24.3 Å². The van der Waals surface area contributed by atoms with Crippen molar-refractivity contribution in [2.24, 2.45) is 0 Å². The average Bonchev–Trinajstić information content (AvgIpc) is 3.02. The van der Waals surface area contributed by atoms with Crippen LogP contribution in [0.4, 0.5) is 4.39 Å². The lowest BCUT2D eigenvalue weighted by Gasteiger charge is -2.12. The molecule has 0 aliphatic rings. The molecule has 1 atom stereocenters. The second-order valence-corrected chi connectivity index (χ2v) is 5.57. The molecule has 0 saturated heterocycles. The highest BCUT2D eigenvalue weighted by Gasteiger charge is 2.24. The number of nitrogens with one attached hydrogen (secondary N) is 1. The summed E-state index contributed by atoms with van der Waals surface area (Å²) in [4.78, 5) is 27.7. The van der Waals surface area contributed by atoms with Crippen LogP contribution in [0.25, 0.3) is 5.69 Å². The Bertz CT molecular complexity index is 760. The van der Waals surface area contributed by atoms with Crippen molar-refractivity contribution in [2.45, 2.75) is 45.6 Å². The van der Waals surface area contributed by atoms with E-state index in [9.17, 15) is 19.1 Å². The molecule has 0 fully saturated rings. The van der Waals surface area contributed by atoms with Gasteiger partial charge in [0.05, 0.1) is 0 Å². The molecule has 1 heterocycles. The summed E-state index contributed by atoms with van der Waals surface area (Å²) < 4.78 is 15.3. The normalized spacial score (nSPS) is 12.0. The van der Waals surface area contributed by atoms with Crippen molar-refractivity contribution in [3.63, 3.8) is 0 Å². The zero-order valence-electron chi connectivity index (χ0n) is 14.2. The molecule has 0 radical (unpaired) electrons. The predicted octanol–water partition coefficient (Wildman–Crippen LogP) is 2.34. The second kappa shape index (κ2) is 8.36. The number of para-hydroxylation sites is 1. The van der Waals surface area contributed by atoms with Crippen LogP contribution < -0.4 is 5.32 Å². The van der Waals surface area contributed by atoms with Gasteiger partial charge in [0.1, 0.15) is 23.4 Å². The lowest BCUT2D eigenvalue weighted by Crippen LogP contribution is -2.41. The largest absolute Gasteiger partial charge is 0.480 e. The van der Waals surface area contributed by atoms with Crippen LogP contribution in [0, 0.1) is 5.82 Å². The van der Waals surface area contributed by atoms with E-state index in [-0.39, 0.29) is 11.5 Å². The molecule has 1 unspecified atom stereocenters. The second-order valence-electron chi connectivity index (χ2n) is 5.57. The van der Waals surface area contributed by atoms with Crippen LogP contribution in [0.2, 0.25) is 0 Å². The van der Waals surface area contributed by atoms with E-state index in [0.29, 0.717) is 25.1 Å². The first-order valence-electron chi connectivity index (χ1n) is 8.22. The minimum absolute atomic E-state index is 0.178. The summed E-state index contributed by atoms with van der Waals surface area (Å²) in [6, 6.07) is 5.04. The number of hydrogen-bond acceptors (Lipinski definition) is 4. The van der Waals surface area contributed by atoms with Crippen LogP contribution in [0.5, 0.6) is 0 Å². The molecule has 2 N–H and O–H groups in total. The van der Waals surface area contributed by atoms with Gasteiger partial charge in [0.15, 0.2) is 0 Å². The van der Waals surface area contributed by atoms with Crippen molar-refractivity contribution < 1.29 is 19.1 Å². The van der Waals surface area contributed by atoms with E-state index in [0.717, 1.165) is 6.42 Å². The minimum atomic E-state index is -1.11. The van der Waals surface area contributed by atoms with Crippen molar-refractivity contribution in [1.29, 1.82) is 0 Å². The van der Waals surface area contributed by atoms with Gasteiger partial charge in [-0.1, -0.05) is 38.8 Å². The molecular weight excluding hydrogens is 327 g/mol. The van der Waals surface area contributed by atoms with Crippen LogP contribution in [-0.4, -0.2) is 37.8 Å². The molecule has 0 aliphatic heterocycles. The van der Waals surface area contributed by atoms with E-state index >= 15 is 0 Å². The van der Waals surface area contributed by atoms with Gasteiger partial charge in [-0.05, 0) is 18.6 Å². The maximum atomic E-state index is 14.0. The summed E-state index contributed by atoms with van der Waals surface area (Å²) in [6.45, 7) is 3.75. The first-order chi connectivity index (χ1) is 12.0. The number of amides is 1. The molecule has 1 aromatic heterocycles. The molecular formula is C17H21FN4O3. The van der Waals surface area contributed by atoms with E-state index in [1.807, 2.05) is 13.8 Å². The molecule has 0 aliphatic carbocycles. The van der Waals surface area contributed by atoms with Gasteiger partial charge in [-0.15, -0.1) is 5.10 Å². The topological polar surface area (TPSA) is 97.1 Å². The van der Waals surface area contributed by atoms with E-state index in [1.54, 1.807) is 12.1 Å². The zero-order valence-corrected chi connectivity index (χ0v) is 14.2. The number of aromatic nitrogens is 3. The third-order valence-electron chi connectivity index (χ3n) is 3.72. The quantitative estimate of drug-likeness (QED) is 0.763. The number of aliphatic carboxylic acids is 1. The highest BCUT2D eigenvalue weighted by Crippen LogP contribution is 2.15. The molecule has 2 aromatic rings. The third kappa shape index (κ3) is 4.40. The SMILES string of the molecule is CCCCC(NC(=O)c1nc(CC)n(-c2ccccc2F)n1)C(=O)O. The Kier molecular flexibility index (Phi) is 6.21. The molecule has 0 saturated carbocycles. The maximum absolute atomic E-state index is 14.0. The number of carboxylic acids is 1.